The van der Waals surface area contributed by atoms with Gasteiger partial charge >= 0.3 is 6.18 Å². The van der Waals surface area contributed by atoms with Gasteiger partial charge in [0.1, 0.15) is 13.2 Å². The molecule has 0 spiro atoms. The van der Waals surface area contributed by atoms with E-state index < -0.39 is 18.6 Å². The van der Waals surface area contributed by atoms with Crippen molar-refractivity contribution in [3.8, 4) is 0 Å². The van der Waals surface area contributed by atoms with Crippen molar-refractivity contribution in [3.63, 3.8) is 0 Å². The van der Waals surface area contributed by atoms with Crippen LogP contribution in [0.15, 0.2) is 0 Å². The lowest BCUT2D eigenvalue weighted by atomic mass is 10.3. The van der Waals surface area contributed by atoms with Crippen molar-refractivity contribution >= 4 is 5.91 Å². The fraction of sp³-hybridized carbons (Fsp3) is 0.900. The summed E-state index contributed by atoms with van der Waals surface area (Å²) in [4.78, 5) is 12.2. The third-order valence-corrected chi connectivity index (χ3v) is 1.99. The molecule has 0 aromatic heterocycles. The predicted octanol–water partition coefficient (Wildman–Crippen LogP) is 1.15. The number of unbranched alkanes of at least 4 members (excludes halogenated alkanes) is 1. The fourth-order valence-corrected chi connectivity index (χ4v) is 1.19. The van der Waals surface area contributed by atoms with Crippen molar-refractivity contribution in [2.75, 3.05) is 32.8 Å². The number of amides is 1. The first-order valence-electron chi connectivity index (χ1n) is 5.53. The average Bonchev–Trinajstić information content (AvgIpc) is 2.22. The summed E-state index contributed by atoms with van der Waals surface area (Å²) in [6, 6.07) is 0. The largest absolute Gasteiger partial charge is 0.406 e. The number of nitrogens with two attached hydrogens (primary N) is 1. The van der Waals surface area contributed by atoms with Crippen LogP contribution in [-0.4, -0.2) is 49.8 Å². The summed E-state index contributed by atoms with van der Waals surface area (Å²) in [5.74, 6) is -0.649. The van der Waals surface area contributed by atoms with Crippen molar-refractivity contribution in [2.45, 2.75) is 25.9 Å². The molecule has 0 bridgehead atoms. The first-order chi connectivity index (χ1) is 7.90. The molecule has 0 unspecified atom stereocenters. The van der Waals surface area contributed by atoms with E-state index in [0.29, 0.717) is 6.42 Å². The second kappa shape index (κ2) is 8.30. The second-order valence-corrected chi connectivity index (χ2v) is 3.63. The maximum atomic E-state index is 12.2. The molecule has 102 valence electrons. The number of alkyl halides is 3. The number of rotatable bonds is 8. The van der Waals surface area contributed by atoms with Crippen molar-refractivity contribution in [1.29, 1.82) is 0 Å². The zero-order valence-electron chi connectivity index (χ0n) is 9.92. The van der Waals surface area contributed by atoms with Gasteiger partial charge in [0.05, 0.1) is 6.61 Å². The van der Waals surface area contributed by atoms with E-state index >= 15 is 0 Å². The van der Waals surface area contributed by atoms with Crippen LogP contribution in [0.2, 0.25) is 0 Å². The van der Waals surface area contributed by atoms with Crippen LogP contribution < -0.4 is 5.73 Å². The Kier molecular flexibility index (Phi) is 7.90. The highest BCUT2D eigenvalue weighted by atomic mass is 19.4. The molecule has 0 rings (SSSR count). The molecule has 0 saturated heterocycles. The molecule has 0 aliphatic heterocycles. The van der Waals surface area contributed by atoms with Gasteiger partial charge in [-0.05, 0) is 6.42 Å². The predicted molar refractivity (Wildman–Crippen MR) is 57.4 cm³/mol. The monoisotopic (exact) mass is 256 g/mol. The lowest BCUT2D eigenvalue weighted by Gasteiger charge is -2.23. The van der Waals surface area contributed by atoms with Gasteiger partial charge in [-0.1, -0.05) is 13.3 Å². The first kappa shape index (κ1) is 16.2. The van der Waals surface area contributed by atoms with Gasteiger partial charge in [0, 0.05) is 13.1 Å². The molecule has 0 aromatic carbocycles. The van der Waals surface area contributed by atoms with Gasteiger partial charge in [-0.2, -0.15) is 13.2 Å². The molecule has 2 N–H and O–H groups in total. The van der Waals surface area contributed by atoms with Crippen LogP contribution in [0.4, 0.5) is 13.2 Å². The molecular formula is C10H19F3N2O2. The number of hydrogen-bond acceptors (Lipinski definition) is 3. The number of nitrogens with zero attached hydrogens (tertiary/aromatic N) is 1. The molecule has 0 atom stereocenters. The quantitative estimate of drug-likeness (QED) is 0.663. The van der Waals surface area contributed by atoms with Gasteiger partial charge in [0.25, 0.3) is 0 Å². The van der Waals surface area contributed by atoms with Gasteiger partial charge in [-0.25, -0.2) is 0 Å². The van der Waals surface area contributed by atoms with Crippen LogP contribution in [0.1, 0.15) is 19.8 Å². The second-order valence-electron chi connectivity index (χ2n) is 3.63. The Bertz CT molecular complexity index is 222. The summed E-state index contributed by atoms with van der Waals surface area (Å²) in [6.45, 7) is 0.775. The van der Waals surface area contributed by atoms with E-state index in [0.717, 1.165) is 11.3 Å². The lowest BCUT2D eigenvalue weighted by Crippen LogP contribution is -2.41. The summed E-state index contributed by atoms with van der Waals surface area (Å²) >= 11 is 0. The van der Waals surface area contributed by atoms with E-state index in [1.807, 2.05) is 6.92 Å². The number of halogens is 3. The zero-order chi connectivity index (χ0) is 13.3. The number of hydrogen-bond donors (Lipinski definition) is 1. The molecule has 0 radical (unpaired) electrons. The molecule has 4 nitrogen and oxygen atoms in total. The van der Waals surface area contributed by atoms with Crippen LogP contribution in [0.5, 0.6) is 0 Å². The summed E-state index contributed by atoms with van der Waals surface area (Å²) in [5, 5.41) is 0. The van der Waals surface area contributed by atoms with Gasteiger partial charge in [0.15, 0.2) is 0 Å². The van der Waals surface area contributed by atoms with Crippen molar-refractivity contribution in [2.24, 2.45) is 5.73 Å². The number of carbonyl (C=O) groups is 1. The molecule has 7 heteroatoms. The number of ether oxygens (including phenoxy) is 1. The summed E-state index contributed by atoms with van der Waals surface area (Å²) in [7, 11) is 0. The third-order valence-electron chi connectivity index (χ3n) is 1.99. The Morgan fingerprint density at radius 3 is 2.53 bits per heavy atom. The minimum atomic E-state index is -4.38. The molecule has 0 fully saturated rings. The van der Waals surface area contributed by atoms with E-state index in [1.54, 1.807) is 0 Å². The zero-order valence-corrected chi connectivity index (χ0v) is 9.92. The SMILES string of the molecule is CCCCN(CC(F)(F)F)C(=O)COCCN. The fourth-order valence-electron chi connectivity index (χ4n) is 1.19. The third kappa shape index (κ3) is 8.93. The lowest BCUT2D eigenvalue weighted by molar-refractivity contribution is -0.163. The Morgan fingerprint density at radius 2 is 2.06 bits per heavy atom. The van der Waals surface area contributed by atoms with Gasteiger partial charge in [-0.3, -0.25) is 4.79 Å². The van der Waals surface area contributed by atoms with E-state index in [2.05, 4.69) is 0 Å². The highest BCUT2D eigenvalue weighted by molar-refractivity contribution is 5.77. The Hall–Kier alpha value is -0.820. The molecule has 0 aliphatic rings. The number of carbonyl (C=O) groups excluding carboxylic acids is 1. The first-order valence-corrected chi connectivity index (χ1v) is 5.53. The minimum Gasteiger partial charge on any atom is -0.370 e. The molecule has 1 amide bonds. The topological polar surface area (TPSA) is 55.6 Å². The Balaban J connectivity index is 4.19. The highest BCUT2D eigenvalue weighted by Crippen LogP contribution is 2.17. The molecule has 0 aliphatic carbocycles. The van der Waals surface area contributed by atoms with Crippen LogP contribution in [0.25, 0.3) is 0 Å². The summed E-state index contributed by atoms with van der Waals surface area (Å²) < 4.78 is 41.5. The van der Waals surface area contributed by atoms with Crippen LogP contribution in [-0.2, 0) is 9.53 Å². The van der Waals surface area contributed by atoms with Crippen LogP contribution >= 0.6 is 0 Å². The van der Waals surface area contributed by atoms with Crippen molar-refractivity contribution in [1.82, 2.24) is 4.90 Å². The molecule has 0 aromatic rings. The standard InChI is InChI=1S/C10H19F3N2O2/c1-2-3-5-15(8-10(11,12)13)9(16)7-17-6-4-14/h2-8,14H2,1H3. The van der Waals surface area contributed by atoms with Gasteiger partial charge in [-0.15, -0.1) is 0 Å². The highest BCUT2D eigenvalue weighted by Gasteiger charge is 2.32. The Morgan fingerprint density at radius 1 is 1.41 bits per heavy atom. The maximum absolute atomic E-state index is 12.2. The normalized spacial score (nSPS) is 11.6. The van der Waals surface area contributed by atoms with Crippen molar-refractivity contribution < 1.29 is 22.7 Å². The van der Waals surface area contributed by atoms with Gasteiger partial charge < -0.3 is 15.4 Å². The summed E-state index contributed by atoms with van der Waals surface area (Å²) in [5.41, 5.74) is 5.14. The maximum Gasteiger partial charge on any atom is 0.406 e. The van der Waals surface area contributed by atoms with E-state index in [-0.39, 0.29) is 26.3 Å². The average molecular weight is 256 g/mol. The van der Waals surface area contributed by atoms with E-state index in [4.69, 9.17) is 10.5 Å². The van der Waals surface area contributed by atoms with E-state index in [1.165, 1.54) is 0 Å². The van der Waals surface area contributed by atoms with Gasteiger partial charge in [0.2, 0.25) is 5.91 Å². The van der Waals surface area contributed by atoms with Crippen LogP contribution in [0, 0.1) is 0 Å². The Labute approximate surface area is 98.9 Å². The molecule has 0 saturated carbocycles. The van der Waals surface area contributed by atoms with Crippen LogP contribution in [0.3, 0.4) is 0 Å². The molecule has 0 heterocycles. The minimum absolute atomic E-state index is 0.0980. The molecule has 17 heavy (non-hydrogen) atoms. The smallest absolute Gasteiger partial charge is 0.370 e. The molecular weight excluding hydrogens is 237 g/mol. The summed E-state index contributed by atoms with van der Waals surface area (Å²) in [6.07, 6.45) is -3.11. The van der Waals surface area contributed by atoms with E-state index in [9.17, 15) is 18.0 Å². The van der Waals surface area contributed by atoms with Crippen molar-refractivity contribution in [3.05, 3.63) is 0 Å².